The number of carboxylic acid groups (broad SMARTS) is 1. The number of phenols is 1. The van der Waals surface area contributed by atoms with Crippen LogP contribution in [0, 0.1) is 26.7 Å². The number of hydrogen-bond donors (Lipinski definition) is 2. The van der Waals surface area contributed by atoms with E-state index in [-0.39, 0.29) is 23.8 Å². The van der Waals surface area contributed by atoms with Gasteiger partial charge < -0.3 is 15.1 Å². The van der Waals surface area contributed by atoms with Crippen molar-refractivity contribution in [2.45, 2.75) is 57.8 Å². The second kappa shape index (κ2) is 11.1. The predicted octanol–water partition coefficient (Wildman–Crippen LogP) is 5.57. The Morgan fingerprint density at radius 2 is 1.67 bits per heavy atom. The summed E-state index contributed by atoms with van der Waals surface area (Å²) in [5.41, 5.74) is 3.96. The van der Waals surface area contributed by atoms with E-state index in [9.17, 15) is 19.8 Å². The second-order valence-electron chi connectivity index (χ2n) is 9.12. The average molecular weight is 471 g/mol. The number of amides is 1. The standard InChI is InChI=1S/C26H34N2O4S/c1-17-12-18(2)25(19(3)13-17)33-27(4)16-24(30)28(15-20-8-6-5-7-9-20)21-10-11-22(26(31)32)23(29)14-21/h10-14,20,29H,5-9,15-16H2,1-4H3,(H,31,32). The highest BCUT2D eigenvalue weighted by Crippen LogP contribution is 2.32. The van der Waals surface area contributed by atoms with Gasteiger partial charge in [0.15, 0.2) is 0 Å². The Bertz CT molecular complexity index is 994. The molecule has 1 amide bonds. The summed E-state index contributed by atoms with van der Waals surface area (Å²) in [4.78, 5) is 27.6. The largest absolute Gasteiger partial charge is 0.507 e. The highest BCUT2D eigenvalue weighted by atomic mass is 32.2. The lowest BCUT2D eigenvalue weighted by Gasteiger charge is -2.31. The van der Waals surface area contributed by atoms with Crippen LogP contribution in [0.25, 0.3) is 0 Å². The van der Waals surface area contributed by atoms with Crippen molar-refractivity contribution in [3.8, 4) is 5.75 Å². The third kappa shape index (κ3) is 6.51. The van der Waals surface area contributed by atoms with Crippen molar-refractivity contribution in [1.29, 1.82) is 0 Å². The van der Waals surface area contributed by atoms with Gasteiger partial charge in [0.1, 0.15) is 11.3 Å². The van der Waals surface area contributed by atoms with E-state index in [2.05, 4.69) is 32.9 Å². The molecule has 0 aromatic heterocycles. The average Bonchev–Trinajstić information content (AvgIpc) is 2.74. The number of carboxylic acids is 1. The van der Waals surface area contributed by atoms with E-state index in [0.29, 0.717) is 18.2 Å². The summed E-state index contributed by atoms with van der Waals surface area (Å²) >= 11 is 1.56. The minimum atomic E-state index is -1.19. The Labute approximate surface area is 200 Å². The molecule has 0 spiro atoms. The fourth-order valence-corrected chi connectivity index (χ4v) is 5.52. The van der Waals surface area contributed by atoms with Crippen LogP contribution in [0.5, 0.6) is 5.75 Å². The number of anilines is 1. The molecule has 1 saturated carbocycles. The molecule has 0 atom stereocenters. The van der Waals surface area contributed by atoms with Gasteiger partial charge in [-0.15, -0.1) is 0 Å². The summed E-state index contributed by atoms with van der Waals surface area (Å²) in [6, 6.07) is 8.67. The SMILES string of the molecule is Cc1cc(C)c(SN(C)CC(=O)N(CC2CCCCC2)c2ccc(C(=O)O)c(O)c2)c(C)c1. The number of aromatic carboxylic acids is 1. The zero-order chi connectivity index (χ0) is 24.1. The smallest absolute Gasteiger partial charge is 0.339 e. The molecule has 178 valence electrons. The molecule has 1 aliphatic rings. The number of carbonyl (C=O) groups excluding carboxylic acids is 1. The molecule has 33 heavy (non-hydrogen) atoms. The van der Waals surface area contributed by atoms with E-state index in [4.69, 9.17) is 0 Å². The monoisotopic (exact) mass is 470 g/mol. The molecule has 7 heteroatoms. The Morgan fingerprint density at radius 3 is 2.24 bits per heavy atom. The summed E-state index contributed by atoms with van der Waals surface area (Å²) in [7, 11) is 1.91. The zero-order valence-corrected chi connectivity index (χ0v) is 20.7. The Kier molecular flexibility index (Phi) is 8.43. The fraction of sp³-hybridized carbons (Fsp3) is 0.462. The number of aryl methyl sites for hydroxylation is 3. The topological polar surface area (TPSA) is 81.1 Å². The molecule has 3 rings (SSSR count). The summed E-state index contributed by atoms with van der Waals surface area (Å²) in [6.45, 7) is 7.02. The van der Waals surface area contributed by atoms with Crippen molar-refractivity contribution in [3.05, 3.63) is 52.6 Å². The highest BCUT2D eigenvalue weighted by molar-refractivity contribution is 7.97. The minimum absolute atomic E-state index is 0.0690. The lowest BCUT2D eigenvalue weighted by molar-refractivity contribution is -0.118. The maximum Gasteiger partial charge on any atom is 0.339 e. The molecule has 0 aliphatic heterocycles. The van der Waals surface area contributed by atoms with Crippen molar-refractivity contribution in [2.75, 3.05) is 25.0 Å². The van der Waals surface area contributed by atoms with E-state index in [1.54, 1.807) is 22.9 Å². The predicted molar refractivity (Wildman–Crippen MR) is 133 cm³/mol. The minimum Gasteiger partial charge on any atom is -0.507 e. The maximum absolute atomic E-state index is 13.4. The Morgan fingerprint density at radius 1 is 1.03 bits per heavy atom. The van der Waals surface area contributed by atoms with Crippen molar-refractivity contribution in [1.82, 2.24) is 4.31 Å². The summed E-state index contributed by atoms with van der Waals surface area (Å²) in [5, 5.41) is 19.5. The van der Waals surface area contributed by atoms with Crippen LogP contribution in [0.3, 0.4) is 0 Å². The van der Waals surface area contributed by atoms with Gasteiger partial charge in [-0.25, -0.2) is 9.10 Å². The number of carbonyl (C=O) groups is 2. The lowest BCUT2D eigenvalue weighted by atomic mass is 9.89. The fourth-order valence-electron chi connectivity index (χ4n) is 4.62. The maximum atomic E-state index is 13.4. The molecule has 2 N–H and O–H groups in total. The van der Waals surface area contributed by atoms with E-state index >= 15 is 0 Å². The molecular formula is C26H34N2O4S. The number of nitrogens with zero attached hydrogens (tertiary/aromatic N) is 2. The van der Waals surface area contributed by atoms with Gasteiger partial charge >= 0.3 is 5.97 Å². The molecule has 2 aromatic carbocycles. The first-order chi connectivity index (χ1) is 15.7. The van der Waals surface area contributed by atoms with Crippen molar-refractivity contribution in [3.63, 3.8) is 0 Å². The molecular weight excluding hydrogens is 436 g/mol. The first-order valence-corrected chi connectivity index (χ1v) is 12.3. The number of benzene rings is 2. The highest BCUT2D eigenvalue weighted by Gasteiger charge is 2.25. The van der Waals surface area contributed by atoms with Gasteiger partial charge in [0.25, 0.3) is 0 Å². The van der Waals surface area contributed by atoms with Crippen molar-refractivity contribution in [2.24, 2.45) is 5.92 Å². The number of likely N-dealkylation sites (N-methyl/N-ethyl adjacent to an activating group) is 1. The number of hydrogen-bond acceptors (Lipinski definition) is 5. The number of rotatable bonds is 8. The lowest BCUT2D eigenvalue weighted by Crippen LogP contribution is -2.40. The van der Waals surface area contributed by atoms with Gasteiger partial charge in [-0.2, -0.15) is 0 Å². The van der Waals surface area contributed by atoms with E-state index in [1.807, 2.05) is 11.4 Å². The van der Waals surface area contributed by atoms with Crippen LogP contribution >= 0.6 is 11.9 Å². The van der Waals surface area contributed by atoms with Crippen LogP contribution in [0.15, 0.2) is 35.2 Å². The molecule has 0 heterocycles. The molecule has 0 saturated heterocycles. The van der Waals surface area contributed by atoms with Crippen LogP contribution in [-0.2, 0) is 4.79 Å². The Balaban J connectivity index is 1.80. The first-order valence-electron chi connectivity index (χ1n) is 11.5. The molecule has 0 radical (unpaired) electrons. The van der Waals surface area contributed by atoms with Gasteiger partial charge in [0.2, 0.25) is 5.91 Å². The Hall–Kier alpha value is -2.51. The number of aromatic hydroxyl groups is 1. The summed E-state index contributed by atoms with van der Waals surface area (Å²) in [6.07, 6.45) is 5.72. The normalized spacial score (nSPS) is 14.5. The van der Waals surface area contributed by atoms with Crippen LogP contribution in [0.4, 0.5) is 5.69 Å². The third-order valence-electron chi connectivity index (χ3n) is 6.20. The van der Waals surface area contributed by atoms with Gasteiger partial charge in [0, 0.05) is 23.2 Å². The summed E-state index contributed by atoms with van der Waals surface area (Å²) in [5.74, 6) is -1.18. The summed E-state index contributed by atoms with van der Waals surface area (Å²) < 4.78 is 1.94. The first kappa shape index (κ1) is 25.1. The van der Waals surface area contributed by atoms with Crippen LogP contribution in [0.2, 0.25) is 0 Å². The van der Waals surface area contributed by atoms with E-state index < -0.39 is 5.97 Å². The van der Waals surface area contributed by atoms with Crippen LogP contribution in [0.1, 0.15) is 59.2 Å². The zero-order valence-electron chi connectivity index (χ0n) is 19.9. The molecule has 2 aromatic rings. The molecule has 0 bridgehead atoms. The molecule has 1 fully saturated rings. The second-order valence-corrected chi connectivity index (χ2v) is 10.3. The van der Waals surface area contributed by atoms with Gasteiger partial charge in [-0.3, -0.25) is 4.79 Å². The van der Waals surface area contributed by atoms with Gasteiger partial charge in [0.05, 0.1) is 6.54 Å². The van der Waals surface area contributed by atoms with Crippen molar-refractivity contribution < 1.29 is 19.8 Å². The van der Waals surface area contributed by atoms with E-state index in [1.165, 1.54) is 35.2 Å². The third-order valence-corrected chi connectivity index (χ3v) is 7.47. The van der Waals surface area contributed by atoms with Crippen LogP contribution < -0.4 is 4.90 Å². The molecule has 6 nitrogen and oxygen atoms in total. The van der Waals surface area contributed by atoms with Crippen LogP contribution in [-0.4, -0.2) is 46.5 Å². The van der Waals surface area contributed by atoms with Gasteiger partial charge in [-0.1, -0.05) is 37.0 Å². The quantitative estimate of drug-likeness (QED) is 0.491. The van der Waals surface area contributed by atoms with Crippen molar-refractivity contribution >= 4 is 29.5 Å². The molecule has 0 unspecified atom stereocenters. The molecule has 1 aliphatic carbocycles. The van der Waals surface area contributed by atoms with Gasteiger partial charge in [-0.05, 0) is 81.8 Å². The van der Waals surface area contributed by atoms with E-state index in [0.717, 1.165) is 30.6 Å².